The second kappa shape index (κ2) is 8.30. The lowest BCUT2D eigenvalue weighted by molar-refractivity contribution is -0.120. The molecule has 0 spiro atoms. The van der Waals surface area contributed by atoms with Gasteiger partial charge in [0.05, 0.1) is 12.0 Å². The molecule has 154 valence electrons. The number of nitrogens with one attached hydrogen (secondary N) is 1. The number of ether oxygens (including phenoxy) is 1. The molecule has 1 atom stereocenters. The normalized spacial score (nSPS) is 16.5. The molecule has 7 heteroatoms. The molecular formula is C23H22N2O4S. The van der Waals surface area contributed by atoms with Crippen LogP contribution >= 0.6 is 0 Å². The Labute approximate surface area is 176 Å². The molecule has 0 saturated carbocycles. The van der Waals surface area contributed by atoms with Crippen molar-refractivity contribution in [1.29, 1.82) is 0 Å². The van der Waals surface area contributed by atoms with E-state index in [-0.39, 0.29) is 17.3 Å². The first-order valence-corrected chi connectivity index (χ1v) is 11.0. The Balaban J connectivity index is 1.70. The molecule has 30 heavy (non-hydrogen) atoms. The van der Waals surface area contributed by atoms with E-state index in [1.807, 2.05) is 24.3 Å². The van der Waals surface area contributed by atoms with E-state index in [1.165, 1.54) is 4.31 Å². The predicted octanol–water partition coefficient (Wildman–Crippen LogP) is 3.45. The third-order valence-electron chi connectivity index (χ3n) is 5.20. The van der Waals surface area contributed by atoms with Gasteiger partial charge in [-0.15, -0.1) is 0 Å². The van der Waals surface area contributed by atoms with E-state index in [1.54, 1.807) is 61.7 Å². The molecule has 1 aliphatic heterocycles. The van der Waals surface area contributed by atoms with E-state index >= 15 is 0 Å². The summed E-state index contributed by atoms with van der Waals surface area (Å²) < 4.78 is 33.3. The van der Waals surface area contributed by atoms with Crippen LogP contribution in [0.3, 0.4) is 0 Å². The molecule has 0 aliphatic carbocycles. The highest BCUT2D eigenvalue weighted by atomic mass is 32.2. The van der Waals surface area contributed by atoms with Crippen molar-refractivity contribution in [2.45, 2.75) is 23.9 Å². The zero-order chi connectivity index (χ0) is 21.1. The van der Waals surface area contributed by atoms with Gasteiger partial charge in [0, 0.05) is 18.3 Å². The summed E-state index contributed by atoms with van der Waals surface area (Å²) >= 11 is 0. The maximum absolute atomic E-state index is 13.4. The van der Waals surface area contributed by atoms with Crippen LogP contribution in [0.4, 0.5) is 5.69 Å². The Morgan fingerprint density at radius 3 is 2.40 bits per heavy atom. The van der Waals surface area contributed by atoms with Gasteiger partial charge < -0.3 is 10.1 Å². The summed E-state index contributed by atoms with van der Waals surface area (Å²) in [6.45, 7) is 0.142. The lowest BCUT2D eigenvalue weighted by atomic mass is 9.95. The maximum atomic E-state index is 13.4. The van der Waals surface area contributed by atoms with Gasteiger partial charge in [0.15, 0.2) is 0 Å². The van der Waals surface area contributed by atoms with E-state index in [4.69, 9.17) is 4.74 Å². The van der Waals surface area contributed by atoms with Crippen molar-refractivity contribution in [1.82, 2.24) is 4.31 Å². The molecular weight excluding hydrogens is 400 g/mol. The SMILES string of the molecule is COc1cccc(NC(=O)C2Cc3ccccc3CN2S(=O)(=O)c2ccccc2)c1. The van der Waals surface area contributed by atoms with Gasteiger partial charge in [-0.3, -0.25) is 4.79 Å². The number of benzene rings is 3. The second-order valence-electron chi connectivity index (χ2n) is 7.07. The third-order valence-corrected chi connectivity index (χ3v) is 7.06. The largest absolute Gasteiger partial charge is 0.497 e. The van der Waals surface area contributed by atoms with Gasteiger partial charge >= 0.3 is 0 Å². The Morgan fingerprint density at radius 2 is 1.67 bits per heavy atom. The fourth-order valence-electron chi connectivity index (χ4n) is 3.63. The van der Waals surface area contributed by atoms with Crippen molar-refractivity contribution >= 4 is 21.6 Å². The van der Waals surface area contributed by atoms with Crippen LogP contribution in [0.5, 0.6) is 5.75 Å². The fraction of sp³-hybridized carbons (Fsp3) is 0.174. The van der Waals surface area contributed by atoms with Crippen molar-refractivity contribution in [3.63, 3.8) is 0 Å². The number of fused-ring (bicyclic) bond motifs is 1. The number of carbonyl (C=O) groups is 1. The molecule has 1 unspecified atom stereocenters. The third kappa shape index (κ3) is 3.94. The van der Waals surface area contributed by atoms with Gasteiger partial charge in [-0.05, 0) is 41.8 Å². The van der Waals surface area contributed by atoms with E-state index in [2.05, 4.69) is 5.32 Å². The molecule has 0 bridgehead atoms. The Bertz CT molecular complexity index is 1160. The zero-order valence-electron chi connectivity index (χ0n) is 16.5. The van der Waals surface area contributed by atoms with Gasteiger partial charge in [0.1, 0.15) is 11.8 Å². The average Bonchev–Trinajstić information content (AvgIpc) is 2.79. The number of carbonyl (C=O) groups excluding carboxylic acids is 1. The van der Waals surface area contributed by atoms with Gasteiger partial charge in [0.2, 0.25) is 15.9 Å². The highest BCUT2D eigenvalue weighted by Crippen LogP contribution is 2.30. The van der Waals surface area contributed by atoms with Crippen LogP contribution in [0.2, 0.25) is 0 Å². The van der Waals surface area contributed by atoms with Crippen molar-refractivity contribution in [2.75, 3.05) is 12.4 Å². The number of hydrogen-bond acceptors (Lipinski definition) is 4. The molecule has 3 aromatic rings. The zero-order valence-corrected chi connectivity index (χ0v) is 17.3. The summed E-state index contributed by atoms with van der Waals surface area (Å²) in [5, 5.41) is 2.85. The minimum absolute atomic E-state index is 0.142. The fourth-order valence-corrected chi connectivity index (χ4v) is 5.22. The Kier molecular flexibility index (Phi) is 5.57. The monoisotopic (exact) mass is 422 g/mol. The number of anilines is 1. The highest BCUT2D eigenvalue weighted by Gasteiger charge is 2.39. The van der Waals surface area contributed by atoms with Crippen LogP contribution < -0.4 is 10.1 Å². The van der Waals surface area contributed by atoms with Crippen molar-refractivity contribution in [2.24, 2.45) is 0 Å². The maximum Gasteiger partial charge on any atom is 0.244 e. The summed E-state index contributed by atoms with van der Waals surface area (Å²) in [4.78, 5) is 13.4. The molecule has 1 N–H and O–H groups in total. The summed E-state index contributed by atoms with van der Waals surface area (Å²) in [6, 6.07) is 22.0. The number of nitrogens with zero attached hydrogens (tertiary/aromatic N) is 1. The van der Waals surface area contributed by atoms with E-state index < -0.39 is 16.1 Å². The molecule has 0 fully saturated rings. The quantitative estimate of drug-likeness (QED) is 0.683. The van der Waals surface area contributed by atoms with Crippen molar-refractivity contribution in [3.05, 3.63) is 90.0 Å². The first kappa shape index (κ1) is 20.1. The van der Waals surface area contributed by atoms with Crippen LogP contribution in [-0.2, 0) is 27.8 Å². The molecule has 0 aromatic heterocycles. The van der Waals surface area contributed by atoms with E-state index in [0.29, 0.717) is 17.9 Å². The smallest absolute Gasteiger partial charge is 0.244 e. The lowest BCUT2D eigenvalue weighted by Crippen LogP contribution is -2.50. The Hall–Kier alpha value is -3.16. The molecule has 1 heterocycles. The number of hydrogen-bond donors (Lipinski definition) is 1. The number of amides is 1. The average molecular weight is 423 g/mol. The molecule has 6 nitrogen and oxygen atoms in total. The van der Waals surface area contributed by atoms with E-state index in [0.717, 1.165) is 11.1 Å². The predicted molar refractivity (Wildman–Crippen MR) is 115 cm³/mol. The summed E-state index contributed by atoms with van der Waals surface area (Å²) in [6.07, 6.45) is 0.304. The van der Waals surface area contributed by atoms with Gasteiger partial charge in [-0.1, -0.05) is 48.5 Å². The van der Waals surface area contributed by atoms with Crippen LogP contribution in [0, 0.1) is 0 Å². The van der Waals surface area contributed by atoms with Crippen molar-refractivity contribution in [3.8, 4) is 5.75 Å². The van der Waals surface area contributed by atoms with Crippen LogP contribution in [0.15, 0.2) is 83.8 Å². The van der Waals surface area contributed by atoms with Gasteiger partial charge in [-0.25, -0.2) is 8.42 Å². The molecule has 0 saturated heterocycles. The van der Waals surface area contributed by atoms with Crippen LogP contribution in [0.1, 0.15) is 11.1 Å². The minimum Gasteiger partial charge on any atom is -0.497 e. The molecule has 0 radical (unpaired) electrons. The summed E-state index contributed by atoms with van der Waals surface area (Å²) in [7, 11) is -2.31. The highest BCUT2D eigenvalue weighted by molar-refractivity contribution is 7.89. The van der Waals surface area contributed by atoms with Crippen molar-refractivity contribution < 1.29 is 17.9 Å². The molecule has 3 aromatic carbocycles. The molecule has 1 aliphatic rings. The van der Waals surface area contributed by atoms with Gasteiger partial charge in [0.25, 0.3) is 0 Å². The Morgan fingerprint density at radius 1 is 0.967 bits per heavy atom. The molecule has 4 rings (SSSR count). The lowest BCUT2D eigenvalue weighted by Gasteiger charge is -2.35. The molecule has 1 amide bonds. The number of methoxy groups -OCH3 is 1. The van der Waals surface area contributed by atoms with E-state index in [9.17, 15) is 13.2 Å². The van der Waals surface area contributed by atoms with Crippen LogP contribution in [0.25, 0.3) is 0 Å². The second-order valence-corrected chi connectivity index (χ2v) is 8.96. The number of sulfonamides is 1. The topological polar surface area (TPSA) is 75.7 Å². The van der Waals surface area contributed by atoms with Gasteiger partial charge in [-0.2, -0.15) is 4.31 Å². The summed E-state index contributed by atoms with van der Waals surface area (Å²) in [5.74, 6) is 0.229. The minimum atomic E-state index is -3.86. The standard InChI is InChI=1S/C23H22N2O4S/c1-29-20-11-7-10-19(15-20)24-23(26)22-14-17-8-5-6-9-18(17)16-25(22)30(27,28)21-12-3-2-4-13-21/h2-13,15,22H,14,16H2,1H3,(H,24,26). The summed E-state index contributed by atoms with van der Waals surface area (Å²) in [5.41, 5.74) is 2.43. The first-order valence-electron chi connectivity index (χ1n) is 9.57. The number of rotatable bonds is 5. The first-order chi connectivity index (χ1) is 14.5. The van der Waals surface area contributed by atoms with Crippen LogP contribution in [-0.4, -0.2) is 31.8 Å².